The van der Waals surface area contributed by atoms with Crippen LogP contribution in [0.5, 0.6) is 0 Å². The minimum absolute atomic E-state index is 0.0240. The highest BCUT2D eigenvalue weighted by molar-refractivity contribution is 5.37. The van der Waals surface area contributed by atoms with E-state index < -0.39 is 0 Å². The molecule has 0 saturated heterocycles. The number of hydrogen-bond donors (Lipinski definition) is 3. The molecule has 1 aromatic rings. The Morgan fingerprint density at radius 3 is 2.64 bits per heavy atom. The third-order valence-electron chi connectivity index (χ3n) is 2.24. The number of nitrogens with one attached hydrogen (secondary N) is 1. The minimum Gasteiger partial charge on any atom is -0.383 e. The van der Waals surface area contributed by atoms with Gasteiger partial charge in [-0.3, -0.25) is 4.79 Å². The Bertz CT molecular complexity index is 372. The van der Waals surface area contributed by atoms with Crippen molar-refractivity contribution in [1.29, 1.82) is 0 Å². The number of aromatic nitrogens is 2. The van der Waals surface area contributed by atoms with Gasteiger partial charge in [0, 0.05) is 12.5 Å². The van der Waals surface area contributed by atoms with Gasteiger partial charge >= 0.3 is 0 Å². The first-order valence-corrected chi connectivity index (χ1v) is 4.68. The van der Waals surface area contributed by atoms with Gasteiger partial charge in [0.15, 0.2) is 0 Å². The first-order chi connectivity index (χ1) is 6.60. The van der Waals surface area contributed by atoms with E-state index in [1.165, 1.54) is 0 Å². The maximum atomic E-state index is 11.5. The van der Waals surface area contributed by atoms with E-state index in [-0.39, 0.29) is 11.5 Å². The molecule has 1 heterocycles. The zero-order valence-electron chi connectivity index (χ0n) is 8.50. The van der Waals surface area contributed by atoms with E-state index in [0.717, 1.165) is 0 Å². The molecule has 0 radical (unpaired) electrons. The van der Waals surface area contributed by atoms with E-state index in [0.29, 0.717) is 30.2 Å². The predicted molar refractivity (Wildman–Crippen MR) is 56.1 cm³/mol. The van der Waals surface area contributed by atoms with E-state index >= 15 is 0 Å². The predicted octanol–water partition coefficient (Wildman–Crippen LogP) is -0.0233. The van der Waals surface area contributed by atoms with E-state index in [9.17, 15) is 4.79 Å². The van der Waals surface area contributed by atoms with Gasteiger partial charge in [-0.25, -0.2) is 4.98 Å². The summed E-state index contributed by atoms with van der Waals surface area (Å²) in [6.45, 7) is 4.20. The van der Waals surface area contributed by atoms with Gasteiger partial charge in [-0.15, -0.1) is 0 Å². The summed E-state index contributed by atoms with van der Waals surface area (Å²) in [4.78, 5) is 18.3. The van der Waals surface area contributed by atoms with Crippen molar-refractivity contribution in [3.05, 3.63) is 21.7 Å². The Morgan fingerprint density at radius 2 is 2.21 bits per heavy atom. The van der Waals surface area contributed by atoms with Crippen LogP contribution < -0.4 is 17.0 Å². The first kappa shape index (κ1) is 10.7. The number of hydrogen-bond acceptors (Lipinski definition) is 4. The van der Waals surface area contributed by atoms with Gasteiger partial charge in [-0.2, -0.15) is 0 Å². The van der Waals surface area contributed by atoms with Crippen LogP contribution in [-0.4, -0.2) is 16.5 Å². The van der Waals surface area contributed by atoms with Gasteiger partial charge in [0.2, 0.25) is 0 Å². The number of rotatable bonds is 3. The summed E-state index contributed by atoms with van der Waals surface area (Å²) in [6, 6.07) is 0. The van der Waals surface area contributed by atoms with Crippen LogP contribution in [0.3, 0.4) is 0 Å². The standard InChI is InChI=1S/C9H16N4O/c1-3-6-7(11)12-8(5(2)4-10)13-9(6)14/h5H,3-4,10H2,1-2H3,(H3,11,12,13,14). The molecule has 0 fully saturated rings. The van der Waals surface area contributed by atoms with Crippen molar-refractivity contribution >= 4 is 5.82 Å². The SMILES string of the molecule is CCc1c(N)nc(C(C)CN)[nH]c1=O. The molecule has 0 bridgehead atoms. The van der Waals surface area contributed by atoms with Gasteiger partial charge in [-0.1, -0.05) is 13.8 Å². The second kappa shape index (κ2) is 4.23. The number of nitrogen functional groups attached to an aromatic ring is 1. The molecule has 1 aromatic heterocycles. The van der Waals surface area contributed by atoms with E-state index in [1.54, 1.807) is 0 Å². The molecule has 0 aliphatic heterocycles. The molecule has 1 rings (SSSR count). The average molecular weight is 196 g/mol. The highest BCUT2D eigenvalue weighted by Gasteiger charge is 2.10. The van der Waals surface area contributed by atoms with E-state index in [4.69, 9.17) is 11.5 Å². The second-order valence-electron chi connectivity index (χ2n) is 3.31. The van der Waals surface area contributed by atoms with Crippen LogP contribution >= 0.6 is 0 Å². The summed E-state index contributed by atoms with van der Waals surface area (Å²) >= 11 is 0. The van der Waals surface area contributed by atoms with Gasteiger partial charge < -0.3 is 16.5 Å². The average Bonchev–Trinajstić information content (AvgIpc) is 2.16. The molecule has 5 N–H and O–H groups in total. The topological polar surface area (TPSA) is 97.8 Å². The molecule has 78 valence electrons. The summed E-state index contributed by atoms with van der Waals surface area (Å²) in [7, 11) is 0. The Morgan fingerprint density at radius 1 is 1.57 bits per heavy atom. The molecule has 0 saturated carbocycles. The Labute approximate surface area is 82.5 Å². The van der Waals surface area contributed by atoms with Crippen LogP contribution in [-0.2, 0) is 6.42 Å². The molecular weight excluding hydrogens is 180 g/mol. The van der Waals surface area contributed by atoms with Crippen molar-refractivity contribution in [3.8, 4) is 0 Å². The second-order valence-corrected chi connectivity index (χ2v) is 3.31. The monoisotopic (exact) mass is 196 g/mol. The third kappa shape index (κ3) is 1.93. The van der Waals surface area contributed by atoms with Crippen molar-refractivity contribution in [2.45, 2.75) is 26.2 Å². The van der Waals surface area contributed by atoms with Crippen LogP contribution in [0, 0.1) is 0 Å². The van der Waals surface area contributed by atoms with Gasteiger partial charge in [0.05, 0.1) is 5.56 Å². The summed E-state index contributed by atoms with van der Waals surface area (Å²) < 4.78 is 0. The summed E-state index contributed by atoms with van der Waals surface area (Å²) in [6.07, 6.45) is 0.589. The molecule has 0 spiro atoms. The molecule has 1 atom stereocenters. The normalized spacial score (nSPS) is 12.8. The lowest BCUT2D eigenvalue weighted by atomic mass is 10.1. The van der Waals surface area contributed by atoms with Crippen LogP contribution in [0.25, 0.3) is 0 Å². The zero-order valence-corrected chi connectivity index (χ0v) is 8.50. The molecule has 0 aliphatic carbocycles. The van der Waals surface area contributed by atoms with Gasteiger partial charge in [0.1, 0.15) is 11.6 Å². The molecular formula is C9H16N4O. The highest BCUT2D eigenvalue weighted by Crippen LogP contribution is 2.10. The van der Waals surface area contributed by atoms with Crippen molar-refractivity contribution in [2.24, 2.45) is 5.73 Å². The molecule has 0 amide bonds. The van der Waals surface area contributed by atoms with Crippen molar-refractivity contribution in [3.63, 3.8) is 0 Å². The summed E-state index contributed by atoms with van der Waals surface area (Å²) in [5.41, 5.74) is 11.5. The van der Waals surface area contributed by atoms with Gasteiger partial charge in [-0.05, 0) is 6.42 Å². The van der Waals surface area contributed by atoms with Crippen molar-refractivity contribution in [2.75, 3.05) is 12.3 Å². The molecule has 5 nitrogen and oxygen atoms in total. The van der Waals surface area contributed by atoms with Crippen molar-refractivity contribution < 1.29 is 0 Å². The number of nitrogens with two attached hydrogens (primary N) is 2. The van der Waals surface area contributed by atoms with Crippen LogP contribution in [0.1, 0.15) is 31.2 Å². The highest BCUT2D eigenvalue weighted by atomic mass is 16.1. The summed E-state index contributed by atoms with van der Waals surface area (Å²) in [5.74, 6) is 0.898. The lowest BCUT2D eigenvalue weighted by Crippen LogP contribution is -2.22. The fraction of sp³-hybridized carbons (Fsp3) is 0.556. The molecule has 1 unspecified atom stereocenters. The van der Waals surface area contributed by atoms with E-state index in [1.807, 2.05) is 13.8 Å². The minimum atomic E-state index is -0.157. The van der Waals surface area contributed by atoms with Crippen LogP contribution in [0.4, 0.5) is 5.82 Å². The quantitative estimate of drug-likeness (QED) is 0.632. The Kier molecular flexibility index (Phi) is 3.24. The number of nitrogens with zero attached hydrogens (tertiary/aromatic N) is 1. The molecule has 0 aromatic carbocycles. The van der Waals surface area contributed by atoms with Crippen LogP contribution in [0.2, 0.25) is 0 Å². The molecule has 0 aliphatic rings. The number of anilines is 1. The summed E-state index contributed by atoms with van der Waals surface area (Å²) in [5, 5.41) is 0. The first-order valence-electron chi connectivity index (χ1n) is 4.68. The molecule has 14 heavy (non-hydrogen) atoms. The maximum absolute atomic E-state index is 11.5. The third-order valence-corrected chi connectivity index (χ3v) is 2.24. The molecule has 5 heteroatoms. The van der Waals surface area contributed by atoms with Crippen LogP contribution in [0.15, 0.2) is 4.79 Å². The lowest BCUT2D eigenvalue weighted by molar-refractivity contribution is 0.704. The lowest BCUT2D eigenvalue weighted by Gasteiger charge is -2.09. The van der Waals surface area contributed by atoms with Gasteiger partial charge in [0.25, 0.3) is 5.56 Å². The largest absolute Gasteiger partial charge is 0.383 e. The fourth-order valence-electron chi connectivity index (χ4n) is 1.22. The smallest absolute Gasteiger partial charge is 0.256 e. The number of aromatic amines is 1. The number of H-pyrrole nitrogens is 1. The fourth-order valence-corrected chi connectivity index (χ4v) is 1.22. The Hall–Kier alpha value is -1.36. The van der Waals surface area contributed by atoms with E-state index in [2.05, 4.69) is 9.97 Å². The van der Waals surface area contributed by atoms with Crippen molar-refractivity contribution in [1.82, 2.24) is 9.97 Å². The Balaban J connectivity index is 3.21. The zero-order chi connectivity index (χ0) is 10.7. The maximum Gasteiger partial charge on any atom is 0.256 e.